The molecule has 0 spiro atoms. The second kappa shape index (κ2) is 16.1. The molecule has 0 aliphatic heterocycles. The average molecular weight is 647 g/mol. The van der Waals surface area contributed by atoms with Crippen LogP contribution in [0.4, 0.5) is 5.69 Å². The predicted octanol–water partition coefficient (Wildman–Crippen LogP) is 6.66. The van der Waals surface area contributed by atoms with Gasteiger partial charge in [-0.15, -0.1) is 0 Å². The van der Waals surface area contributed by atoms with E-state index in [4.69, 9.17) is 23.2 Å². The molecule has 2 atom stereocenters. The van der Waals surface area contributed by atoms with Crippen LogP contribution in [0.2, 0.25) is 10.0 Å². The Morgan fingerprint density at radius 3 is 2.19 bits per heavy atom. The Morgan fingerprint density at radius 1 is 0.930 bits per heavy atom. The summed E-state index contributed by atoms with van der Waals surface area (Å²) in [7, 11) is -3.59. The van der Waals surface area contributed by atoms with Crippen LogP contribution in [0.25, 0.3) is 0 Å². The van der Waals surface area contributed by atoms with Crippen LogP contribution in [-0.4, -0.2) is 50.0 Å². The Hall–Kier alpha value is -3.07. The number of halogens is 2. The van der Waals surface area contributed by atoms with Gasteiger partial charge in [0.25, 0.3) is 0 Å². The number of hydrogen-bond donors (Lipinski definition) is 1. The minimum Gasteiger partial charge on any atom is -0.352 e. The molecule has 2 amide bonds. The van der Waals surface area contributed by atoms with Gasteiger partial charge in [-0.05, 0) is 67.1 Å². The van der Waals surface area contributed by atoms with Crippen molar-refractivity contribution in [1.82, 2.24) is 10.2 Å². The maximum Gasteiger partial charge on any atom is 0.243 e. The third-order valence-electron chi connectivity index (χ3n) is 7.41. The maximum absolute atomic E-state index is 14.0. The Balaban J connectivity index is 1.91. The number of hydrogen-bond acceptors (Lipinski definition) is 4. The smallest absolute Gasteiger partial charge is 0.243 e. The number of carbonyl (C=O) groups is 2. The molecule has 0 unspecified atom stereocenters. The van der Waals surface area contributed by atoms with E-state index in [2.05, 4.69) is 5.32 Å². The van der Waals surface area contributed by atoms with Crippen LogP contribution in [0.1, 0.15) is 56.7 Å². The molecule has 0 aliphatic carbocycles. The van der Waals surface area contributed by atoms with E-state index in [0.717, 1.165) is 30.2 Å². The largest absolute Gasteiger partial charge is 0.352 e. The molecule has 0 bridgehead atoms. The van der Waals surface area contributed by atoms with Crippen LogP contribution in [0.15, 0.2) is 72.8 Å². The molecule has 7 nitrogen and oxygen atoms in total. The summed E-state index contributed by atoms with van der Waals surface area (Å²) in [5, 5.41) is 3.91. The zero-order valence-electron chi connectivity index (χ0n) is 25.2. The fourth-order valence-electron chi connectivity index (χ4n) is 4.73. The molecule has 0 aliphatic rings. The quantitative estimate of drug-likeness (QED) is 0.200. The molecule has 0 saturated carbocycles. The molecule has 0 saturated heterocycles. The first kappa shape index (κ1) is 34.4. The molecule has 0 radical (unpaired) electrons. The monoisotopic (exact) mass is 645 g/mol. The number of nitrogens with one attached hydrogen (secondary N) is 1. The van der Waals surface area contributed by atoms with Gasteiger partial charge in [-0.25, -0.2) is 8.42 Å². The van der Waals surface area contributed by atoms with Crippen LogP contribution in [0.5, 0.6) is 0 Å². The summed E-state index contributed by atoms with van der Waals surface area (Å²) in [6, 6.07) is 21.1. The molecule has 3 aromatic carbocycles. The Bertz CT molecular complexity index is 1470. The molecule has 10 heteroatoms. The summed E-state index contributed by atoms with van der Waals surface area (Å²) in [4.78, 5) is 29.2. The van der Waals surface area contributed by atoms with E-state index in [9.17, 15) is 18.0 Å². The van der Waals surface area contributed by atoms with E-state index in [-0.39, 0.29) is 43.8 Å². The summed E-state index contributed by atoms with van der Waals surface area (Å²) in [6.45, 7) is 6.15. The van der Waals surface area contributed by atoms with E-state index in [1.165, 1.54) is 4.31 Å². The van der Waals surface area contributed by atoms with Gasteiger partial charge in [-0.3, -0.25) is 13.9 Å². The minimum atomic E-state index is -3.59. The first-order chi connectivity index (χ1) is 20.4. The normalized spacial score (nSPS) is 12.8. The summed E-state index contributed by atoms with van der Waals surface area (Å²) in [6.07, 6.45) is 3.34. The summed E-state index contributed by atoms with van der Waals surface area (Å²) in [5.74, 6) is -0.536. The van der Waals surface area contributed by atoms with Crippen molar-refractivity contribution in [3.05, 3.63) is 99.5 Å². The van der Waals surface area contributed by atoms with Gasteiger partial charge >= 0.3 is 0 Å². The van der Waals surface area contributed by atoms with Crippen molar-refractivity contribution in [3.63, 3.8) is 0 Å². The highest BCUT2D eigenvalue weighted by Gasteiger charge is 2.31. The third kappa shape index (κ3) is 10.3. The van der Waals surface area contributed by atoms with Crippen LogP contribution >= 0.6 is 23.2 Å². The molecular weight excluding hydrogens is 605 g/mol. The minimum absolute atomic E-state index is 0.0339. The zero-order chi connectivity index (χ0) is 31.6. The molecule has 43 heavy (non-hydrogen) atoms. The van der Waals surface area contributed by atoms with Crippen molar-refractivity contribution in [3.8, 4) is 0 Å². The van der Waals surface area contributed by atoms with Gasteiger partial charge in [-0.1, -0.05) is 85.6 Å². The standard InChI is InChI=1S/C33H41Cl2N3O4S/c1-5-24(3)36-33(40)31(21-26-11-8-7-9-12-26)37(23-27-16-17-28(34)22-30(27)35)32(39)13-10-20-38(43(4,41)42)29-18-14-25(6-2)15-19-29/h7-9,11-12,14-19,22,24,31H,5-6,10,13,20-21,23H2,1-4H3,(H,36,40)/t24-,31+/m0/s1. The zero-order valence-corrected chi connectivity index (χ0v) is 27.6. The van der Waals surface area contributed by atoms with Crippen molar-refractivity contribution in [2.45, 2.75) is 71.5 Å². The van der Waals surface area contributed by atoms with Crippen LogP contribution in [0.3, 0.4) is 0 Å². The third-order valence-corrected chi connectivity index (χ3v) is 9.19. The van der Waals surface area contributed by atoms with Gasteiger partial charge in [0, 0.05) is 42.0 Å². The van der Waals surface area contributed by atoms with Crippen LogP contribution < -0.4 is 9.62 Å². The second-order valence-corrected chi connectivity index (χ2v) is 13.5. The van der Waals surface area contributed by atoms with Gasteiger partial charge in [0.2, 0.25) is 21.8 Å². The fourth-order valence-corrected chi connectivity index (χ4v) is 6.16. The van der Waals surface area contributed by atoms with E-state index in [1.807, 2.05) is 63.2 Å². The number of nitrogens with zero attached hydrogens (tertiary/aromatic N) is 2. The lowest BCUT2D eigenvalue weighted by Gasteiger charge is -2.33. The van der Waals surface area contributed by atoms with Crippen molar-refractivity contribution < 1.29 is 18.0 Å². The fraction of sp³-hybridized carbons (Fsp3) is 0.394. The highest BCUT2D eigenvalue weighted by molar-refractivity contribution is 7.92. The van der Waals surface area contributed by atoms with Crippen molar-refractivity contribution in [1.29, 1.82) is 0 Å². The lowest BCUT2D eigenvalue weighted by Crippen LogP contribution is -2.52. The van der Waals surface area contributed by atoms with Crippen molar-refractivity contribution in [2.24, 2.45) is 0 Å². The molecule has 0 heterocycles. The number of amides is 2. The molecule has 0 aromatic heterocycles. The predicted molar refractivity (Wildman–Crippen MR) is 176 cm³/mol. The summed E-state index contributed by atoms with van der Waals surface area (Å²) >= 11 is 12.6. The van der Waals surface area contributed by atoms with Gasteiger partial charge in [0.1, 0.15) is 6.04 Å². The Kier molecular flexibility index (Phi) is 12.9. The lowest BCUT2D eigenvalue weighted by molar-refractivity contribution is -0.141. The Morgan fingerprint density at radius 2 is 1.60 bits per heavy atom. The molecule has 3 rings (SSSR count). The van der Waals surface area contributed by atoms with E-state index < -0.39 is 16.1 Å². The lowest BCUT2D eigenvalue weighted by atomic mass is 10.0. The topological polar surface area (TPSA) is 86.8 Å². The molecule has 0 fully saturated rings. The molecule has 3 aromatic rings. The van der Waals surface area contributed by atoms with Gasteiger partial charge in [0.05, 0.1) is 11.9 Å². The number of carbonyl (C=O) groups excluding carboxylic acids is 2. The number of sulfonamides is 1. The van der Waals surface area contributed by atoms with Crippen molar-refractivity contribution in [2.75, 3.05) is 17.1 Å². The van der Waals surface area contributed by atoms with E-state index in [1.54, 1.807) is 35.2 Å². The first-order valence-electron chi connectivity index (χ1n) is 14.6. The van der Waals surface area contributed by atoms with Crippen LogP contribution in [-0.2, 0) is 39.0 Å². The van der Waals surface area contributed by atoms with Gasteiger partial charge < -0.3 is 10.2 Å². The van der Waals surface area contributed by atoms with Gasteiger partial charge in [0.15, 0.2) is 0 Å². The SMILES string of the molecule is CCc1ccc(N(CCCC(=O)N(Cc2ccc(Cl)cc2Cl)[C@H](Cc2ccccc2)C(=O)N[C@@H](C)CC)S(C)(=O)=O)cc1. The number of benzene rings is 3. The second-order valence-electron chi connectivity index (χ2n) is 10.7. The van der Waals surface area contributed by atoms with Gasteiger partial charge in [-0.2, -0.15) is 0 Å². The Labute approximate surface area is 266 Å². The first-order valence-corrected chi connectivity index (χ1v) is 17.2. The van der Waals surface area contributed by atoms with Crippen molar-refractivity contribution >= 4 is 50.7 Å². The molecule has 1 N–H and O–H groups in total. The highest BCUT2D eigenvalue weighted by Crippen LogP contribution is 2.25. The van der Waals surface area contributed by atoms with E-state index >= 15 is 0 Å². The average Bonchev–Trinajstić information content (AvgIpc) is 2.97. The highest BCUT2D eigenvalue weighted by atomic mass is 35.5. The summed E-state index contributed by atoms with van der Waals surface area (Å²) < 4.78 is 26.7. The molecule has 232 valence electrons. The summed E-state index contributed by atoms with van der Waals surface area (Å²) in [5.41, 5.74) is 3.21. The maximum atomic E-state index is 14.0. The van der Waals surface area contributed by atoms with Crippen LogP contribution in [0, 0.1) is 0 Å². The number of aryl methyl sites for hydroxylation is 1. The molecular formula is C33H41Cl2N3O4S. The van der Waals surface area contributed by atoms with E-state index in [0.29, 0.717) is 27.7 Å². The number of anilines is 1. The number of rotatable bonds is 15.